The minimum absolute atomic E-state index is 0.190. The van der Waals surface area contributed by atoms with Crippen LogP contribution in [0.1, 0.15) is 28.7 Å². The highest BCUT2D eigenvalue weighted by Gasteiger charge is 2.22. The number of aryl methyl sites for hydroxylation is 1. The van der Waals surface area contributed by atoms with Crippen LogP contribution < -0.4 is 9.64 Å². The standard InChI is InChI=1S/C21H24N2O3/c1-22-18-5-3-14(9-16(18)4-6-21(22)25)12-23-8-7-15-10-19(24)20(26-2)11-17(15)13-23/h3,5,9-11,24H,4,6-8,12-13H2,1-2H3. The Morgan fingerprint density at radius 3 is 2.73 bits per heavy atom. The highest BCUT2D eigenvalue weighted by Crippen LogP contribution is 2.33. The monoisotopic (exact) mass is 352 g/mol. The van der Waals surface area contributed by atoms with E-state index in [9.17, 15) is 9.90 Å². The molecule has 0 fully saturated rings. The molecule has 26 heavy (non-hydrogen) atoms. The van der Waals surface area contributed by atoms with Gasteiger partial charge in [-0.1, -0.05) is 12.1 Å². The third-order valence-electron chi connectivity index (χ3n) is 5.49. The number of benzene rings is 2. The normalized spacial score (nSPS) is 17.0. The van der Waals surface area contributed by atoms with Gasteiger partial charge in [0.25, 0.3) is 0 Å². The second-order valence-corrected chi connectivity index (χ2v) is 7.17. The van der Waals surface area contributed by atoms with Crippen molar-refractivity contribution in [3.63, 3.8) is 0 Å². The van der Waals surface area contributed by atoms with E-state index >= 15 is 0 Å². The zero-order valence-corrected chi connectivity index (χ0v) is 15.3. The SMILES string of the molecule is COc1cc2c(cc1O)CCN(Cc1ccc3c(c1)CCC(=O)N3C)C2. The van der Waals surface area contributed by atoms with Crippen LogP contribution in [0.15, 0.2) is 30.3 Å². The van der Waals surface area contributed by atoms with Crippen molar-refractivity contribution in [3.05, 3.63) is 52.6 Å². The van der Waals surface area contributed by atoms with Crippen molar-refractivity contribution in [1.82, 2.24) is 4.90 Å². The molecule has 0 unspecified atom stereocenters. The first-order valence-corrected chi connectivity index (χ1v) is 9.04. The molecule has 2 aromatic carbocycles. The molecule has 4 rings (SSSR count). The highest BCUT2D eigenvalue weighted by molar-refractivity contribution is 5.95. The lowest BCUT2D eigenvalue weighted by Crippen LogP contribution is -2.32. The summed E-state index contributed by atoms with van der Waals surface area (Å²) in [7, 11) is 3.43. The van der Waals surface area contributed by atoms with Gasteiger partial charge in [-0.2, -0.15) is 0 Å². The van der Waals surface area contributed by atoms with Gasteiger partial charge in [0.1, 0.15) is 0 Å². The minimum Gasteiger partial charge on any atom is -0.504 e. The van der Waals surface area contributed by atoms with Crippen LogP contribution in [-0.4, -0.2) is 36.6 Å². The Bertz CT molecular complexity index is 863. The fraction of sp³-hybridized carbons (Fsp3) is 0.381. The van der Waals surface area contributed by atoms with Gasteiger partial charge in [-0.3, -0.25) is 9.69 Å². The van der Waals surface area contributed by atoms with Gasteiger partial charge in [0.15, 0.2) is 11.5 Å². The summed E-state index contributed by atoms with van der Waals surface area (Å²) in [4.78, 5) is 16.0. The summed E-state index contributed by atoms with van der Waals surface area (Å²) in [6, 6.07) is 10.2. The van der Waals surface area contributed by atoms with Gasteiger partial charge in [-0.15, -0.1) is 0 Å². The lowest BCUT2D eigenvalue weighted by molar-refractivity contribution is -0.118. The van der Waals surface area contributed by atoms with Crippen molar-refractivity contribution in [2.75, 3.05) is 25.6 Å². The van der Waals surface area contributed by atoms with Crippen LogP contribution in [-0.2, 0) is 30.7 Å². The summed E-state index contributed by atoms with van der Waals surface area (Å²) in [6.45, 7) is 2.70. The predicted octanol–water partition coefficient (Wildman–Crippen LogP) is 2.87. The molecule has 5 nitrogen and oxygen atoms in total. The van der Waals surface area contributed by atoms with Crippen LogP contribution >= 0.6 is 0 Å². The molecular formula is C21H24N2O3. The zero-order valence-electron chi connectivity index (χ0n) is 15.3. The second kappa shape index (κ2) is 6.65. The molecule has 0 spiro atoms. The summed E-state index contributed by atoms with van der Waals surface area (Å²) in [5, 5.41) is 9.95. The molecule has 0 bridgehead atoms. The quantitative estimate of drug-likeness (QED) is 0.923. The van der Waals surface area contributed by atoms with E-state index in [-0.39, 0.29) is 11.7 Å². The van der Waals surface area contributed by atoms with Gasteiger partial charge >= 0.3 is 0 Å². The molecule has 0 aromatic heterocycles. The second-order valence-electron chi connectivity index (χ2n) is 7.17. The molecule has 1 N–H and O–H groups in total. The number of phenolic OH excluding ortho intramolecular Hbond substituents is 1. The molecule has 0 radical (unpaired) electrons. The largest absolute Gasteiger partial charge is 0.504 e. The van der Waals surface area contributed by atoms with Crippen molar-refractivity contribution in [2.24, 2.45) is 0 Å². The molecule has 5 heteroatoms. The van der Waals surface area contributed by atoms with Crippen molar-refractivity contribution in [1.29, 1.82) is 0 Å². The van der Waals surface area contributed by atoms with E-state index in [0.29, 0.717) is 12.2 Å². The Hall–Kier alpha value is -2.53. The molecule has 0 aliphatic carbocycles. The molecule has 2 heterocycles. The van der Waals surface area contributed by atoms with E-state index in [4.69, 9.17) is 4.74 Å². The van der Waals surface area contributed by atoms with Gasteiger partial charge in [0, 0.05) is 38.8 Å². The number of carbonyl (C=O) groups excluding carboxylic acids is 1. The zero-order chi connectivity index (χ0) is 18.3. The molecule has 1 amide bonds. The maximum absolute atomic E-state index is 11.8. The molecule has 2 aliphatic rings. The van der Waals surface area contributed by atoms with E-state index in [0.717, 1.165) is 38.2 Å². The first kappa shape index (κ1) is 16.9. The van der Waals surface area contributed by atoms with Gasteiger partial charge in [0.05, 0.1) is 7.11 Å². The number of anilines is 1. The maximum Gasteiger partial charge on any atom is 0.227 e. The van der Waals surface area contributed by atoms with E-state index in [1.54, 1.807) is 12.0 Å². The first-order valence-electron chi connectivity index (χ1n) is 9.04. The number of carbonyl (C=O) groups is 1. The van der Waals surface area contributed by atoms with E-state index in [1.165, 1.54) is 22.3 Å². The van der Waals surface area contributed by atoms with Crippen molar-refractivity contribution >= 4 is 11.6 Å². The summed E-state index contributed by atoms with van der Waals surface area (Å²) < 4.78 is 5.24. The number of nitrogens with zero attached hydrogens (tertiary/aromatic N) is 2. The molecule has 2 aromatic rings. The number of methoxy groups -OCH3 is 1. The Morgan fingerprint density at radius 2 is 1.92 bits per heavy atom. The summed E-state index contributed by atoms with van der Waals surface area (Å²) in [5.74, 6) is 0.940. The number of phenols is 1. The average molecular weight is 352 g/mol. The number of aromatic hydroxyl groups is 1. The third kappa shape index (κ3) is 3.03. The van der Waals surface area contributed by atoms with E-state index < -0.39 is 0 Å². The van der Waals surface area contributed by atoms with Crippen molar-refractivity contribution in [3.8, 4) is 11.5 Å². The molecule has 0 saturated carbocycles. The summed E-state index contributed by atoms with van der Waals surface area (Å²) in [6.07, 6.45) is 2.34. The summed E-state index contributed by atoms with van der Waals surface area (Å²) in [5.41, 5.74) is 5.99. The van der Waals surface area contributed by atoms with E-state index in [1.807, 2.05) is 19.2 Å². The predicted molar refractivity (Wildman–Crippen MR) is 101 cm³/mol. The Balaban J connectivity index is 1.51. The van der Waals surface area contributed by atoms with Gasteiger partial charge in [-0.05, 0) is 53.3 Å². The van der Waals surface area contributed by atoms with Gasteiger partial charge in [-0.25, -0.2) is 0 Å². The Labute approximate surface area is 153 Å². The molecular weight excluding hydrogens is 328 g/mol. The Morgan fingerprint density at radius 1 is 1.08 bits per heavy atom. The number of ether oxygens (including phenoxy) is 1. The molecule has 2 aliphatic heterocycles. The van der Waals surface area contributed by atoms with Crippen molar-refractivity contribution in [2.45, 2.75) is 32.4 Å². The molecule has 0 atom stereocenters. The topological polar surface area (TPSA) is 53.0 Å². The number of hydrogen-bond acceptors (Lipinski definition) is 4. The average Bonchev–Trinajstić information content (AvgIpc) is 2.64. The number of fused-ring (bicyclic) bond motifs is 2. The number of rotatable bonds is 3. The lowest BCUT2D eigenvalue weighted by atomic mass is 9.97. The van der Waals surface area contributed by atoms with Crippen LogP contribution in [0, 0.1) is 0 Å². The van der Waals surface area contributed by atoms with Crippen LogP contribution in [0.2, 0.25) is 0 Å². The smallest absolute Gasteiger partial charge is 0.227 e. The maximum atomic E-state index is 11.8. The van der Waals surface area contributed by atoms with Crippen LogP contribution in [0.5, 0.6) is 11.5 Å². The van der Waals surface area contributed by atoms with Gasteiger partial charge in [0.2, 0.25) is 5.91 Å². The first-order chi connectivity index (χ1) is 12.5. The van der Waals surface area contributed by atoms with Crippen LogP contribution in [0.25, 0.3) is 0 Å². The third-order valence-corrected chi connectivity index (χ3v) is 5.49. The fourth-order valence-electron chi connectivity index (χ4n) is 4.00. The van der Waals surface area contributed by atoms with Gasteiger partial charge < -0.3 is 14.7 Å². The van der Waals surface area contributed by atoms with Crippen LogP contribution in [0.3, 0.4) is 0 Å². The number of hydrogen-bond donors (Lipinski definition) is 1. The van der Waals surface area contributed by atoms with E-state index in [2.05, 4.69) is 23.1 Å². The molecule has 136 valence electrons. The number of amides is 1. The van der Waals surface area contributed by atoms with Crippen molar-refractivity contribution < 1.29 is 14.6 Å². The molecule has 0 saturated heterocycles. The summed E-state index contributed by atoms with van der Waals surface area (Å²) >= 11 is 0. The lowest BCUT2D eigenvalue weighted by Gasteiger charge is -2.30. The highest BCUT2D eigenvalue weighted by atomic mass is 16.5. The van der Waals surface area contributed by atoms with Crippen LogP contribution in [0.4, 0.5) is 5.69 Å². The Kier molecular flexibility index (Phi) is 4.32. The fourth-order valence-corrected chi connectivity index (χ4v) is 4.00. The minimum atomic E-state index is 0.190.